The molecule has 0 spiro atoms. The van der Waals surface area contributed by atoms with Gasteiger partial charge in [0.15, 0.2) is 0 Å². The maximum atomic E-state index is 12.0. The van der Waals surface area contributed by atoms with Crippen LogP contribution in [0.3, 0.4) is 0 Å². The van der Waals surface area contributed by atoms with Crippen molar-refractivity contribution < 1.29 is 27.8 Å². The Morgan fingerprint density at radius 1 is 1.44 bits per heavy atom. The number of alkyl halides is 3. The maximum Gasteiger partial charge on any atom is 0.573 e. The van der Waals surface area contributed by atoms with Crippen molar-refractivity contribution in [1.82, 2.24) is 0 Å². The third kappa shape index (κ3) is 3.02. The molecule has 1 rings (SSSR count). The summed E-state index contributed by atoms with van der Waals surface area (Å²) in [6.07, 6.45) is -4.91. The first kappa shape index (κ1) is 12.6. The highest BCUT2D eigenvalue weighted by atomic mass is 79.9. The van der Waals surface area contributed by atoms with Crippen LogP contribution in [0.15, 0.2) is 16.6 Å². The molecular formula is C8H5BrF3NO3. The Hall–Kier alpha value is -1.44. The normalized spacial score (nSPS) is 11.2. The molecule has 0 aliphatic heterocycles. The van der Waals surface area contributed by atoms with E-state index >= 15 is 0 Å². The predicted molar refractivity (Wildman–Crippen MR) is 52.2 cm³/mol. The molecule has 16 heavy (non-hydrogen) atoms. The van der Waals surface area contributed by atoms with Gasteiger partial charge in [-0.2, -0.15) is 0 Å². The van der Waals surface area contributed by atoms with Crippen molar-refractivity contribution >= 4 is 27.6 Å². The van der Waals surface area contributed by atoms with Crippen LogP contribution >= 0.6 is 15.9 Å². The van der Waals surface area contributed by atoms with Gasteiger partial charge in [0.25, 0.3) is 0 Å². The van der Waals surface area contributed by atoms with Crippen molar-refractivity contribution in [2.24, 2.45) is 0 Å². The molecule has 0 amide bonds. The Balaban J connectivity index is 3.22. The molecule has 0 aromatic heterocycles. The molecule has 0 bridgehead atoms. The number of hydrogen-bond donors (Lipinski definition) is 2. The fraction of sp³-hybridized carbons (Fsp3) is 0.125. The Morgan fingerprint density at radius 3 is 2.44 bits per heavy atom. The van der Waals surface area contributed by atoms with E-state index in [1.165, 1.54) is 0 Å². The predicted octanol–water partition coefficient (Wildman–Crippen LogP) is 2.63. The molecule has 0 fully saturated rings. The van der Waals surface area contributed by atoms with Gasteiger partial charge in [0, 0.05) is 0 Å². The number of carboxylic acid groups (broad SMARTS) is 1. The monoisotopic (exact) mass is 299 g/mol. The molecule has 0 heterocycles. The first-order valence-electron chi connectivity index (χ1n) is 3.79. The molecule has 0 aliphatic rings. The van der Waals surface area contributed by atoms with Crippen molar-refractivity contribution in [3.63, 3.8) is 0 Å². The minimum Gasteiger partial charge on any atom is -0.478 e. The zero-order valence-electron chi connectivity index (χ0n) is 7.51. The average molecular weight is 300 g/mol. The molecule has 0 unspecified atom stereocenters. The minimum absolute atomic E-state index is 0.144. The maximum absolute atomic E-state index is 12.0. The Labute approximate surface area is 95.9 Å². The van der Waals surface area contributed by atoms with Crippen LogP contribution in [0.2, 0.25) is 0 Å². The Bertz CT molecular complexity index is 433. The van der Waals surface area contributed by atoms with Crippen LogP contribution in [0.1, 0.15) is 10.4 Å². The van der Waals surface area contributed by atoms with Crippen LogP contribution < -0.4 is 10.5 Å². The highest BCUT2D eigenvalue weighted by Crippen LogP contribution is 2.35. The fourth-order valence-corrected chi connectivity index (χ4v) is 1.25. The van der Waals surface area contributed by atoms with Gasteiger partial charge in [0.1, 0.15) is 5.75 Å². The van der Waals surface area contributed by atoms with E-state index in [4.69, 9.17) is 10.8 Å². The van der Waals surface area contributed by atoms with E-state index in [1.807, 2.05) is 0 Å². The number of anilines is 1. The van der Waals surface area contributed by atoms with E-state index in [9.17, 15) is 18.0 Å². The zero-order chi connectivity index (χ0) is 12.5. The molecular weight excluding hydrogens is 295 g/mol. The molecule has 4 nitrogen and oxygen atoms in total. The smallest absolute Gasteiger partial charge is 0.478 e. The number of benzene rings is 1. The first-order chi connectivity index (χ1) is 7.20. The van der Waals surface area contributed by atoms with E-state index in [0.29, 0.717) is 0 Å². The lowest BCUT2D eigenvalue weighted by Crippen LogP contribution is -2.18. The molecule has 0 aliphatic carbocycles. The van der Waals surface area contributed by atoms with Gasteiger partial charge in [-0.3, -0.25) is 0 Å². The van der Waals surface area contributed by atoms with Crippen molar-refractivity contribution in [3.8, 4) is 5.75 Å². The number of hydrogen-bond acceptors (Lipinski definition) is 3. The fourth-order valence-electron chi connectivity index (χ4n) is 0.942. The van der Waals surface area contributed by atoms with Gasteiger partial charge in [0.05, 0.1) is 15.7 Å². The summed E-state index contributed by atoms with van der Waals surface area (Å²) >= 11 is 2.77. The molecule has 0 saturated carbocycles. The van der Waals surface area contributed by atoms with Crippen molar-refractivity contribution in [1.29, 1.82) is 0 Å². The van der Waals surface area contributed by atoms with Crippen molar-refractivity contribution in [2.45, 2.75) is 6.36 Å². The largest absolute Gasteiger partial charge is 0.573 e. The van der Waals surface area contributed by atoms with Gasteiger partial charge < -0.3 is 15.6 Å². The Morgan fingerprint density at radius 2 is 2.00 bits per heavy atom. The number of aromatic carboxylic acids is 1. The summed E-state index contributed by atoms with van der Waals surface area (Å²) in [6, 6.07) is 1.76. The summed E-state index contributed by atoms with van der Waals surface area (Å²) < 4.78 is 39.3. The highest BCUT2D eigenvalue weighted by molar-refractivity contribution is 9.10. The van der Waals surface area contributed by atoms with E-state index in [0.717, 1.165) is 12.1 Å². The average Bonchev–Trinajstić information content (AvgIpc) is 2.10. The number of nitrogen functional groups attached to an aromatic ring is 1. The molecule has 88 valence electrons. The minimum atomic E-state index is -4.91. The van der Waals surface area contributed by atoms with E-state index in [2.05, 4.69) is 20.7 Å². The van der Waals surface area contributed by atoms with Gasteiger partial charge in [-0.25, -0.2) is 4.79 Å². The number of nitrogens with two attached hydrogens (primary N) is 1. The summed E-state index contributed by atoms with van der Waals surface area (Å²) in [5.74, 6) is -2.09. The van der Waals surface area contributed by atoms with Gasteiger partial charge >= 0.3 is 12.3 Å². The number of halogens is 4. The van der Waals surface area contributed by atoms with E-state index in [-0.39, 0.29) is 15.7 Å². The molecule has 8 heteroatoms. The number of rotatable bonds is 2. The zero-order valence-corrected chi connectivity index (χ0v) is 9.09. The van der Waals surface area contributed by atoms with Gasteiger partial charge in [-0.1, -0.05) is 0 Å². The van der Waals surface area contributed by atoms with Gasteiger partial charge in [-0.05, 0) is 28.1 Å². The summed E-state index contributed by atoms with van der Waals surface area (Å²) in [7, 11) is 0. The standard InChI is InChI=1S/C8H5BrF3NO3/c9-6-4(13)1-3(7(14)15)2-5(6)16-8(10,11)12/h1-2H,13H2,(H,14,15). The molecule has 3 N–H and O–H groups in total. The van der Waals surface area contributed by atoms with Crippen LogP contribution in [0, 0.1) is 0 Å². The molecule has 1 aromatic carbocycles. The molecule has 0 radical (unpaired) electrons. The Kier molecular flexibility index (Phi) is 3.32. The molecule has 0 atom stereocenters. The van der Waals surface area contributed by atoms with Gasteiger partial charge in [-0.15, -0.1) is 13.2 Å². The van der Waals surface area contributed by atoms with Crippen LogP contribution in [-0.2, 0) is 0 Å². The second kappa shape index (κ2) is 4.20. The second-order valence-corrected chi connectivity index (χ2v) is 3.52. The third-order valence-corrected chi connectivity index (χ3v) is 2.39. The number of carbonyl (C=O) groups is 1. The van der Waals surface area contributed by atoms with Crippen molar-refractivity contribution in [2.75, 3.05) is 5.73 Å². The quantitative estimate of drug-likeness (QED) is 0.824. The van der Waals surface area contributed by atoms with Crippen molar-refractivity contribution in [3.05, 3.63) is 22.2 Å². The lowest BCUT2D eigenvalue weighted by atomic mass is 10.2. The second-order valence-electron chi connectivity index (χ2n) is 2.73. The van der Waals surface area contributed by atoms with Gasteiger partial charge in [0.2, 0.25) is 0 Å². The summed E-state index contributed by atoms with van der Waals surface area (Å²) in [6.45, 7) is 0. The highest BCUT2D eigenvalue weighted by Gasteiger charge is 2.32. The number of carboxylic acids is 1. The summed E-state index contributed by atoms with van der Waals surface area (Å²) in [5.41, 5.74) is 4.78. The van der Waals surface area contributed by atoms with Crippen LogP contribution in [0.25, 0.3) is 0 Å². The molecule has 0 saturated heterocycles. The molecule has 1 aromatic rings. The first-order valence-corrected chi connectivity index (χ1v) is 4.58. The lowest BCUT2D eigenvalue weighted by molar-refractivity contribution is -0.274. The lowest BCUT2D eigenvalue weighted by Gasteiger charge is -2.12. The number of ether oxygens (including phenoxy) is 1. The SMILES string of the molecule is Nc1cc(C(=O)O)cc(OC(F)(F)F)c1Br. The summed E-state index contributed by atoms with van der Waals surface area (Å²) in [4.78, 5) is 10.6. The van der Waals surface area contributed by atoms with Crippen LogP contribution in [0.5, 0.6) is 5.75 Å². The third-order valence-electron chi connectivity index (χ3n) is 1.54. The van der Waals surface area contributed by atoms with Crippen LogP contribution in [-0.4, -0.2) is 17.4 Å². The van der Waals surface area contributed by atoms with E-state index in [1.54, 1.807) is 0 Å². The van der Waals surface area contributed by atoms with E-state index < -0.39 is 18.1 Å². The van der Waals surface area contributed by atoms with Crippen LogP contribution in [0.4, 0.5) is 18.9 Å². The topological polar surface area (TPSA) is 72.6 Å². The summed E-state index contributed by atoms with van der Waals surface area (Å²) in [5, 5.41) is 8.62.